The van der Waals surface area contributed by atoms with Crippen LogP contribution in [-0.4, -0.2) is 33.5 Å². The maximum Gasteiger partial charge on any atom is 0.269 e. The van der Waals surface area contributed by atoms with Gasteiger partial charge in [0.1, 0.15) is 4.32 Å². The standard InChI is InChI=1S/C23H23N3O3S2/c1-2-16-10-12-17(13-11-16)15-19-22(29)26(23(30)31-19)14-6-9-20(27)24-25-21(28)18-7-4-3-5-8-18/h3-5,7-8,10-13,15H,2,6,9,14H2,1H3,(H,24,27)(H,25,28)/b19-15-. The van der Waals surface area contributed by atoms with E-state index in [4.69, 9.17) is 12.2 Å². The van der Waals surface area contributed by atoms with Crippen LogP contribution in [0.1, 0.15) is 41.3 Å². The van der Waals surface area contributed by atoms with Gasteiger partial charge in [0, 0.05) is 18.5 Å². The number of amides is 3. The number of nitrogens with zero attached hydrogens (tertiary/aromatic N) is 1. The SMILES string of the molecule is CCc1ccc(/C=C2\SC(=S)N(CCCC(=O)NNC(=O)c3ccccc3)C2=O)cc1. The summed E-state index contributed by atoms with van der Waals surface area (Å²) in [6, 6.07) is 16.7. The van der Waals surface area contributed by atoms with Crippen LogP contribution in [0.5, 0.6) is 0 Å². The summed E-state index contributed by atoms with van der Waals surface area (Å²) in [5.74, 6) is -0.864. The molecule has 1 fully saturated rings. The van der Waals surface area contributed by atoms with Gasteiger partial charge in [-0.25, -0.2) is 0 Å². The fraction of sp³-hybridized carbons (Fsp3) is 0.217. The van der Waals surface area contributed by atoms with Crippen molar-refractivity contribution < 1.29 is 14.4 Å². The number of aryl methyl sites for hydroxylation is 1. The van der Waals surface area contributed by atoms with Crippen molar-refractivity contribution in [3.63, 3.8) is 0 Å². The topological polar surface area (TPSA) is 78.5 Å². The summed E-state index contributed by atoms with van der Waals surface area (Å²) in [6.45, 7) is 2.44. The third-order valence-corrected chi connectivity index (χ3v) is 6.07. The van der Waals surface area contributed by atoms with Gasteiger partial charge in [0.2, 0.25) is 5.91 Å². The fourth-order valence-corrected chi connectivity index (χ4v) is 4.25. The van der Waals surface area contributed by atoms with Crippen molar-refractivity contribution in [2.75, 3.05) is 6.54 Å². The molecule has 160 valence electrons. The monoisotopic (exact) mass is 453 g/mol. The van der Waals surface area contributed by atoms with Gasteiger partial charge in [0.05, 0.1) is 4.91 Å². The highest BCUT2D eigenvalue weighted by Crippen LogP contribution is 2.32. The number of carbonyl (C=O) groups is 3. The lowest BCUT2D eigenvalue weighted by Gasteiger charge is -2.14. The van der Waals surface area contributed by atoms with Crippen molar-refractivity contribution in [2.24, 2.45) is 0 Å². The Labute approximate surface area is 191 Å². The van der Waals surface area contributed by atoms with E-state index in [2.05, 4.69) is 17.8 Å². The Morgan fingerprint density at radius 3 is 2.45 bits per heavy atom. The Morgan fingerprint density at radius 1 is 1.06 bits per heavy atom. The normalized spacial score (nSPS) is 14.7. The molecule has 1 saturated heterocycles. The number of hydrazine groups is 1. The van der Waals surface area contributed by atoms with Gasteiger partial charge < -0.3 is 0 Å². The number of hydrogen-bond acceptors (Lipinski definition) is 5. The first-order valence-corrected chi connectivity index (χ1v) is 11.2. The molecule has 0 spiro atoms. The number of thiocarbonyl (C=S) groups is 1. The summed E-state index contributed by atoms with van der Waals surface area (Å²) in [5, 5.41) is 0. The molecule has 6 nitrogen and oxygen atoms in total. The van der Waals surface area contributed by atoms with Gasteiger partial charge in [0.15, 0.2) is 0 Å². The Kier molecular flexibility index (Phi) is 7.97. The van der Waals surface area contributed by atoms with Gasteiger partial charge in [0.25, 0.3) is 11.8 Å². The van der Waals surface area contributed by atoms with Crippen LogP contribution in [0.3, 0.4) is 0 Å². The number of nitrogens with one attached hydrogen (secondary N) is 2. The zero-order valence-electron chi connectivity index (χ0n) is 17.1. The summed E-state index contributed by atoms with van der Waals surface area (Å²) in [7, 11) is 0. The molecule has 1 heterocycles. The van der Waals surface area contributed by atoms with Gasteiger partial charge in [-0.3, -0.25) is 30.1 Å². The minimum atomic E-state index is -0.386. The number of rotatable bonds is 7. The molecule has 0 saturated carbocycles. The van der Waals surface area contributed by atoms with E-state index in [9.17, 15) is 14.4 Å². The van der Waals surface area contributed by atoms with Gasteiger partial charge in [-0.1, -0.05) is 73.4 Å². The molecule has 0 unspecified atom stereocenters. The molecule has 2 N–H and O–H groups in total. The Bertz CT molecular complexity index is 1000. The molecular weight excluding hydrogens is 430 g/mol. The van der Waals surface area contributed by atoms with E-state index in [0.717, 1.165) is 12.0 Å². The minimum Gasteiger partial charge on any atom is -0.293 e. The third-order valence-electron chi connectivity index (χ3n) is 4.70. The van der Waals surface area contributed by atoms with E-state index in [1.54, 1.807) is 30.3 Å². The molecule has 1 aliphatic rings. The largest absolute Gasteiger partial charge is 0.293 e. The third kappa shape index (κ3) is 6.26. The predicted octanol–water partition coefficient (Wildman–Crippen LogP) is 3.69. The molecule has 2 aromatic carbocycles. The lowest BCUT2D eigenvalue weighted by molar-refractivity contribution is -0.124. The van der Waals surface area contributed by atoms with Crippen LogP contribution in [-0.2, 0) is 16.0 Å². The molecule has 0 bridgehead atoms. The lowest BCUT2D eigenvalue weighted by atomic mass is 10.1. The second kappa shape index (κ2) is 10.9. The number of benzene rings is 2. The van der Waals surface area contributed by atoms with Gasteiger partial charge in [-0.15, -0.1) is 0 Å². The zero-order chi connectivity index (χ0) is 22.2. The first-order chi connectivity index (χ1) is 15.0. The smallest absolute Gasteiger partial charge is 0.269 e. The van der Waals surface area contributed by atoms with Crippen molar-refractivity contribution in [1.29, 1.82) is 0 Å². The molecule has 3 amide bonds. The maximum atomic E-state index is 12.7. The van der Waals surface area contributed by atoms with Crippen LogP contribution in [0.15, 0.2) is 59.5 Å². The summed E-state index contributed by atoms with van der Waals surface area (Å²) >= 11 is 6.61. The molecule has 31 heavy (non-hydrogen) atoms. The molecule has 0 aromatic heterocycles. The van der Waals surface area contributed by atoms with Crippen LogP contribution in [0.2, 0.25) is 0 Å². The van der Waals surface area contributed by atoms with Gasteiger partial charge >= 0.3 is 0 Å². The summed E-state index contributed by atoms with van der Waals surface area (Å²) < 4.78 is 0.485. The van der Waals surface area contributed by atoms with Crippen molar-refractivity contribution in [3.05, 3.63) is 76.2 Å². The minimum absolute atomic E-state index is 0.146. The summed E-state index contributed by atoms with van der Waals surface area (Å²) in [6.07, 6.45) is 3.39. The first kappa shape index (κ1) is 22.7. The van der Waals surface area contributed by atoms with Crippen molar-refractivity contribution in [3.8, 4) is 0 Å². The van der Waals surface area contributed by atoms with Gasteiger partial charge in [-0.2, -0.15) is 0 Å². The number of hydrogen-bond donors (Lipinski definition) is 2. The Hall–Kier alpha value is -2.97. The van der Waals surface area contributed by atoms with Crippen molar-refractivity contribution >= 4 is 52.1 Å². The van der Waals surface area contributed by atoms with Crippen LogP contribution in [0, 0.1) is 0 Å². The molecule has 0 atom stereocenters. The molecule has 0 aliphatic carbocycles. The number of carbonyl (C=O) groups excluding carboxylic acids is 3. The highest BCUT2D eigenvalue weighted by molar-refractivity contribution is 8.26. The molecule has 3 rings (SSSR count). The van der Waals surface area contributed by atoms with Crippen LogP contribution in [0.25, 0.3) is 6.08 Å². The maximum absolute atomic E-state index is 12.7. The summed E-state index contributed by atoms with van der Waals surface area (Å²) in [5.41, 5.74) is 7.41. The molecule has 1 aliphatic heterocycles. The number of thioether (sulfide) groups is 1. The van der Waals surface area contributed by atoms with E-state index in [1.165, 1.54) is 22.2 Å². The average Bonchev–Trinajstić information content (AvgIpc) is 3.05. The molecule has 8 heteroatoms. The molecule has 2 aromatic rings. The Morgan fingerprint density at radius 2 is 1.77 bits per heavy atom. The lowest BCUT2D eigenvalue weighted by Crippen LogP contribution is -2.41. The first-order valence-electron chi connectivity index (χ1n) is 9.96. The fourth-order valence-electron chi connectivity index (χ4n) is 2.94. The van der Waals surface area contributed by atoms with Gasteiger partial charge in [-0.05, 0) is 42.2 Å². The van der Waals surface area contributed by atoms with Crippen LogP contribution < -0.4 is 10.9 Å². The second-order valence-electron chi connectivity index (χ2n) is 6.90. The van der Waals surface area contributed by atoms with E-state index in [1.807, 2.05) is 30.3 Å². The Balaban J connectivity index is 1.46. The van der Waals surface area contributed by atoms with Crippen LogP contribution >= 0.6 is 24.0 Å². The van der Waals surface area contributed by atoms with Crippen LogP contribution in [0.4, 0.5) is 0 Å². The van der Waals surface area contributed by atoms with E-state index >= 15 is 0 Å². The second-order valence-corrected chi connectivity index (χ2v) is 8.58. The highest BCUT2D eigenvalue weighted by Gasteiger charge is 2.31. The average molecular weight is 454 g/mol. The van der Waals surface area contributed by atoms with E-state index in [-0.39, 0.29) is 24.1 Å². The predicted molar refractivity (Wildman–Crippen MR) is 127 cm³/mol. The zero-order valence-corrected chi connectivity index (χ0v) is 18.7. The molecular formula is C23H23N3O3S2. The van der Waals surface area contributed by atoms with Crippen molar-refractivity contribution in [1.82, 2.24) is 15.8 Å². The quantitative estimate of drug-likeness (QED) is 0.380. The summed E-state index contributed by atoms with van der Waals surface area (Å²) in [4.78, 5) is 38.7. The highest BCUT2D eigenvalue weighted by atomic mass is 32.2. The van der Waals surface area contributed by atoms with E-state index < -0.39 is 0 Å². The van der Waals surface area contributed by atoms with E-state index in [0.29, 0.717) is 27.8 Å². The van der Waals surface area contributed by atoms with Crippen molar-refractivity contribution in [2.45, 2.75) is 26.2 Å². The molecule has 0 radical (unpaired) electrons.